The first-order chi connectivity index (χ1) is 16.1. The van der Waals surface area contributed by atoms with Crippen LogP contribution in [0.15, 0.2) is 42.6 Å². The zero-order valence-electron chi connectivity index (χ0n) is 19.5. The number of amides is 1. The lowest BCUT2D eigenvalue weighted by Gasteiger charge is -2.26. The fourth-order valence-electron chi connectivity index (χ4n) is 5.34. The van der Waals surface area contributed by atoms with Crippen LogP contribution in [0.25, 0.3) is 16.9 Å². The van der Waals surface area contributed by atoms with Crippen LogP contribution in [-0.2, 0) is 0 Å². The van der Waals surface area contributed by atoms with Crippen molar-refractivity contribution in [3.63, 3.8) is 0 Å². The third-order valence-corrected chi connectivity index (χ3v) is 7.24. The fraction of sp³-hybridized carbons (Fsp3) is 0.481. The molecule has 2 saturated carbocycles. The van der Waals surface area contributed by atoms with Crippen LogP contribution in [-0.4, -0.2) is 33.4 Å². The van der Waals surface area contributed by atoms with Gasteiger partial charge in [0.15, 0.2) is 5.65 Å². The molecule has 174 valence electrons. The Bertz CT molecular complexity index is 1120. The Labute approximate surface area is 196 Å². The van der Waals surface area contributed by atoms with Gasteiger partial charge in [-0.05, 0) is 63.6 Å². The number of carbonyl (C=O) groups is 1. The van der Waals surface area contributed by atoms with Gasteiger partial charge in [-0.25, -0.2) is 4.98 Å². The molecule has 4 N–H and O–H groups in total. The standard InChI is InChI=1S/C27H35N5O/c1-18-7-5-8-19(17-18)24-26(29-21-9-3-2-4-10-21)32-16-6-11-23(25(32)31-24)27(33)30-22-14-12-20(28)13-15-22/h5-8,11,16-17,20-22,29H,2-4,9-10,12-15,28H2,1H3,(H,30,33). The zero-order chi connectivity index (χ0) is 22.8. The summed E-state index contributed by atoms with van der Waals surface area (Å²) in [4.78, 5) is 18.3. The van der Waals surface area contributed by atoms with Crippen molar-refractivity contribution >= 4 is 17.4 Å². The Morgan fingerprint density at radius 3 is 2.55 bits per heavy atom. The third-order valence-electron chi connectivity index (χ3n) is 7.24. The van der Waals surface area contributed by atoms with Crippen LogP contribution < -0.4 is 16.4 Å². The monoisotopic (exact) mass is 445 g/mol. The number of hydrogen-bond acceptors (Lipinski definition) is 4. The van der Waals surface area contributed by atoms with Crippen molar-refractivity contribution in [3.05, 3.63) is 53.7 Å². The van der Waals surface area contributed by atoms with Gasteiger partial charge in [-0.1, -0.05) is 43.0 Å². The minimum absolute atomic E-state index is 0.0499. The van der Waals surface area contributed by atoms with Crippen molar-refractivity contribution in [1.82, 2.24) is 14.7 Å². The predicted molar refractivity (Wildman–Crippen MR) is 134 cm³/mol. The first-order valence-corrected chi connectivity index (χ1v) is 12.5. The topological polar surface area (TPSA) is 84.5 Å². The Hall–Kier alpha value is -2.86. The Morgan fingerprint density at radius 1 is 1.00 bits per heavy atom. The molecule has 2 fully saturated rings. The summed E-state index contributed by atoms with van der Waals surface area (Å²) in [5.41, 5.74) is 10.6. The molecule has 33 heavy (non-hydrogen) atoms. The molecule has 2 aliphatic carbocycles. The van der Waals surface area contributed by atoms with Gasteiger partial charge in [-0.3, -0.25) is 9.20 Å². The molecule has 1 aromatic carbocycles. The van der Waals surface area contributed by atoms with Crippen LogP contribution in [0.2, 0.25) is 0 Å². The number of anilines is 1. The highest BCUT2D eigenvalue weighted by atomic mass is 16.1. The van der Waals surface area contributed by atoms with Crippen LogP contribution in [0.5, 0.6) is 0 Å². The van der Waals surface area contributed by atoms with E-state index in [-0.39, 0.29) is 18.0 Å². The summed E-state index contributed by atoms with van der Waals surface area (Å²) >= 11 is 0. The predicted octanol–water partition coefficient (Wildman–Crippen LogP) is 5.05. The first kappa shape index (κ1) is 22.0. The molecule has 0 spiro atoms. The number of nitrogens with two attached hydrogens (primary N) is 1. The molecule has 0 unspecified atom stereocenters. The van der Waals surface area contributed by atoms with E-state index < -0.39 is 0 Å². The molecule has 5 rings (SSSR count). The van der Waals surface area contributed by atoms with Crippen molar-refractivity contribution < 1.29 is 4.79 Å². The smallest absolute Gasteiger partial charge is 0.255 e. The zero-order valence-corrected chi connectivity index (χ0v) is 19.5. The molecule has 1 amide bonds. The molecule has 3 aromatic rings. The molecule has 0 atom stereocenters. The van der Waals surface area contributed by atoms with Crippen molar-refractivity contribution in [2.45, 2.75) is 82.8 Å². The Balaban J connectivity index is 1.52. The maximum Gasteiger partial charge on any atom is 0.255 e. The number of nitrogens with one attached hydrogen (secondary N) is 2. The average Bonchev–Trinajstić information content (AvgIpc) is 3.19. The number of fused-ring (bicyclic) bond motifs is 1. The lowest BCUT2D eigenvalue weighted by atomic mass is 9.91. The number of aryl methyl sites for hydroxylation is 1. The second-order valence-corrected chi connectivity index (χ2v) is 9.86. The highest BCUT2D eigenvalue weighted by molar-refractivity contribution is 6.01. The van der Waals surface area contributed by atoms with Crippen LogP contribution in [0.1, 0.15) is 73.7 Å². The van der Waals surface area contributed by atoms with Gasteiger partial charge in [0, 0.05) is 29.9 Å². The lowest BCUT2D eigenvalue weighted by Crippen LogP contribution is -2.40. The third kappa shape index (κ3) is 4.76. The molecule has 0 radical (unpaired) electrons. The Kier molecular flexibility index (Phi) is 6.36. The van der Waals surface area contributed by atoms with E-state index in [2.05, 4.69) is 46.2 Å². The number of carbonyl (C=O) groups excluding carboxylic acids is 1. The molecule has 0 bridgehead atoms. The van der Waals surface area contributed by atoms with Gasteiger partial charge in [0.2, 0.25) is 0 Å². The van der Waals surface area contributed by atoms with E-state index in [1.54, 1.807) is 0 Å². The summed E-state index contributed by atoms with van der Waals surface area (Å²) in [6.45, 7) is 2.10. The highest BCUT2D eigenvalue weighted by Crippen LogP contribution is 2.33. The second-order valence-electron chi connectivity index (χ2n) is 9.86. The van der Waals surface area contributed by atoms with E-state index in [1.807, 2.05) is 18.3 Å². The SMILES string of the molecule is Cc1cccc(-c2nc3c(C(=O)NC4CCC(N)CC4)cccn3c2NC2CCCCC2)c1. The molecular weight excluding hydrogens is 410 g/mol. The Morgan fingerprint density at radius 2 is 1.79 bits per heavy atom. The van der Waals surface area contributed by atoms with E-state index in [0.29, 0.717) is 17.3 Å². The molecule has 0 aliphatic heterocycles. The number of pyridine rings is 1. The summed E-state index contributed by atoms with van der Waals surface area (Å²) in [6.07, 6.45) is 12.0. The average molecular weight is 446 g/mol. The maximum absolute atomic E-state index is 13.3. The van der Waals surface area contributed by atoms with Crippen LogP contribution in [0.4, 0.5) is 5.82 Å². The number of rotatable bonds is 5. The van der Waals surface area contributed by atoms with Gasteiger partial charge in [0.25, 0.3) is 5.91 Å². The van der Waals surface area contributed by atoms with Gasteiger partial charge in [-0.15, -0.1) is 0 Å². The van der Waals surface area contributed by atoms with Crippen molar-refractivity contribution in [2.75, 3.05) is 5.32 Å². The number of imidazole rings is 1. The van der Waals surface area contributed by atoms with E-state index in [0.717, 1.165) is 42.8 Å². The van der Waals surface area contributed by atoms with Gasteiger partial charge in [0.1, 0.15) is 11.5 Å². The summed E-state index contributed by atoms with van der Waals surface area (Å²) in [7, 11) is 0. The van der Waals surface area contributed by atoms with E-state index >= 15 is 0 Å². The highest BCUT2D eigenvalue weighted by Gasteiger charge is 2.25. The van der Waals surface area contributed by atoms with Crippen molar-refractivity contribution in [1.29, 1.82) is 0 Å². The number of benzene rings is 1. The van der Waals surface area contributed by atoms with Gasteiger partial charge in [-0.2, -0.15) is 0 Å². The number of aromatic nitrogens is 2. The molecule has 6 nitrogen and oxygen atoms in total. The van der Waals surface area contributed by atoms with E-state index in [4.69, 9.17) is 10.7 Å². The van der Waals surface area contributed by atoms with Crippen molar-refractivity contribution in [2.24, 2.45) is 5.73 Å². The van der Waals surface area contributed by atoms with Gasteiger partial charge >= 0.3 is 0 Å². The number of nitrogens with zero attached hydrogens (tertiary/aromatic N) is 2. The molecule has 0 saturated heterocycles. The first-order valence-electron chi connectivity index (χ1n) is 12.5. The van der Waals surface area contributed by atoms with Gasteiger partial charge in [0.05, 0.1) is 5.56 Å². The minimum atomic E-state index is -0.0499. The van der Waals surface area contributed by atoms with Crippen LogP contribution in [0.3, 0.4) is 0 Å². The van der Waals surface area contributed by atoms with Crippen molar-refractivity contribution in [3.8, 4) is 11.3 Å². The minimum Gasteiger partial charge on any atom is -0.367 e. The van der Waals surface area contributed by atoms with Crippen LogP contribution >= 0.6 is 0 Å². The maximum atomic E-state index is 13.3. The van der Waals surface area contributed by atoms with Gasteiger partial charge < -0.3 is 16.4 Å². The molecule has 2 heterocycles. The molecule has 2 aliphatic rings. The summed E-state index contributed by atoms with van der Waals surface area (Å²) < 4.78 is 2.07. The lowest BCUT2D eigenvalue weighted by molar-refractivity contribution is 0.0927. The summed E-state index contributed by atoms with van der Waals surface area (Å²) in [5, 5.41) is 7.04. The fourth-order valence-corrected chi connectivity index (χ4v) is 5.34. The quantitative estimate of drug-likeness (QED) is 0.513. The summed E-state index contributed by atoms with van der Waals surface area (Å²) in [5.74, 6) is 0.937. The summed E-state index contributed by atoms with van der Waals surface area (Å²) in [6, 6.07) is 13.2. The number of hydrogen-bond donors (Lipinski definition) is 3. The second kappa shape index (κ2) is 9.56. The largest absolute Gasteiger partial charge is 0.367 e. The normalized spacial score (nSPS) is 21.8. The molecule has 2 aromatic heterocycles. The van der Waals surface area contributed by atoms with Crippen LogP contribution in [0, 0.1) is 6.92 Å². The molecule has 6 heteroatoms. The van der Waals surface area contributed by atoms with E-state index in [9.17, 15) is 4.79 Å². The molecular formula is C27H35N5O. The van der Waals surface area contributed by atoms with E-state index in [1.165, 1.54) is 37.7 Å².